The highest BCUT2D eigenvalue weighted by Crippen LogP contribution is 2.36. The van der Waals surface area contributed by atoms with Crippen molar-refractivity contribution in [1.82, 2.24) is 4.98 Å². The van der Waals surface area contributed by atoms with Gasteiger partial charge in [-0.15, -0.1) is 0 Å². The molecule has 2 N–H and O–H groups in total. The fourth-order valence-corrected chi connectivity index (χ4v) is 4.10. The fraction of sp³-hybridized carbons (Fsp3) is 0.471. The van der Waals surface area contributed by atoms with E-state index in [1.165, 1.54) is 17.7 Å². The number of aromatic nitrogens is 1. The monoisotopic (exact) mass is 301 g/mol. The first-order valence-electron chi connectivity index (χ1n) is 7.72. The highest BCUT2D eigenvalue weighted by atomic mass is 32.1. The molecule has 0 spiro atoms. The van der Waals surface area contributed by atoms with Crippen LogP contribution in [0.25, 0.3) is 11.3 Å². The Morgan fingerprint density at radius 1 is 1.29 bits per heavy atom. The molecule has 1 aromatic heterocycles. The molecule has 4 heteroatoms. The molecular weight excluding hydrogens is 278 g/mol. The fourth-order valence-electron chi connectivity index (χ4n) is 3.03. The third-order valence-electron chi connectivity index (χ3n) is 4.54. The lowest BCUT2D eigenvalue weighted by atomic mass is 9.93. The number of thiazole rings is 1. The van der Waals surface area contributed by atoms with E-state index < -0.39 is 0 Å². The van der Waals surface area contributed by atoms with Gasteiger partial charge in [-0.1, -0.05) is 48.6 Å². The Morgan fingerprint density at radius 2 is 2.05 bits per heavy atom. The minimum Gasteiger partial charge on any atom is -0.345 e. The van der Waals surface area contributed by atoms with Gasteiger partial charge in [0.2, 0.25) is 0 Å². The second-order valence-electron chi connectivity index (χ2n) is 5.89. The van der Waals surface area contributed by atoms with Crippen molar-refractivity contribution in [3.05, 3.63) is 35.2 Å². The van der Waals surface area contributed by atoms with Crippen LogP contribution in [0.15, 0.2) is 30.3 Å². The summed E-state index contributed by atoms with van der Waals surface area (Å²) in [7, 11) is 0. The Hall–Kier alpha value is -1.39. The lowest BCUT2D eigenvalue weighted by Gasteiger charge is -2.37. The summed E-state index contributed by atoms with van der Waals surface area (Å²) in [4.78, 5) is 8.57. The van der Waals surface area contributed by atoms with E-state index in [2.05, 4.69) is 43.0 Å². The van der Waals surface area contributed by atoms with Crippen molar-refractivity contribution in [3.8, 4) is 11.3 Å². The lowest BCUT2D eigenvalue weighted by molar-refractivity contribution is 0.363. The van der Waals surface area contributed by atoms with Crippen LogP contribution in [-0.4, -0.2) is 17.6 Å². The molecule has 2 unspecified atom stereocenters. The van der Waals surface area contributed by atoms with E-state index in [9.17, 15) is 0 Å². The molecular formula is C17H23N3S. The molecule has 2 atom stereocenters. The van der Waals surface area contributed by atoms with Crippen LogP contribution in [0.5, 0.6) is 0 Å². The Labute approximate surface area is 130 Å². The van der Waals surface area contributed by atoms with Crippen LogP contribution in [0.4, 0.5) is 5.13 Å². The smallest absolute Gasteiger partial charge is 0.186 e. The Bertz CT molecular complexity index is 593. The molecule has 0 amide bonds. The van der Waals surface area contributed by atoms with Crippen molar-refractivity contribution in [3.63, 3.8) is 0 Å². The Morgan fingerprint density at radius 3 is 2.76 bits per heavy atom. The Kier molecular flexibility index (Phi) is 4.27. The number of hydrogen-bond donors (Lipinski definition) is 1. The van der Waals surface area contributed by atoms with E-state index in [4.69, 9.17) is 10.7 Å². The molecule has 1 fully saturated rings. The minimum atomic E-state index is 0.555. The first-order valence-corrected chi connectivity index (χ1v) is 8.54. The van der Waals surface area contributed by atoms with Crippen LogP contribution in [0, 0.1) is 5.92 Å². The highest BCUT2D eigenvalue weighted by molar-refractivity contribution is 7.16. The van der Waals surface area contributed by atoms with Crippen LogP contribution in [0.3, 0.4) is 0 Å². The van der Waals surface area contributed by atoms with Gasteiger partial charge in [0.25, 0.3) is 0 Å². The van der Waals surface area contributed by atoms with Crippen LogP contribution < -0.4 is 10.6 Å². The summed E-state index contributed by atoms with van der Waals surface area (Å²) in [5.74, 6) is 0.726. The normalized spacial score (nSPS) is 22.5. The second-order valence-corrected chi connectivity index (χ2v) is 6.95. The van der Waals surface area contributed by atoms with Gasteiger partial charge in [0.05, 0.1) is 5.69 Å². The zero-order chi connectivity index (χ0) is 14.8. The quantitative estimate of drug-likeness (QED) is 0.935. The maximum Gasteiger partial charge on any atom is 0.186 e. The maximum absolute atomic E-state index is 5.94. The molecule has 1 aliphatic heterocycles. The number of anilines is 1. The van der Waals surface area contributed by atoms with Gasteiger partial charge in [0, 0.05) is 29.6 Å². The first kappa shape index (κ1) is 14.5. The van der Waals surface area contributed by atoms with Gasteiger partial charge in [0.1, 0.15) is 0 Å². The molecule has 21 heavy (non-hydrogen) atoms. The zero-order valence-corrected chi connectivity index (χ0v) is 13.6. The van der Waals surface area contributed by atoms with E-state index >= 15 is 0 Å². The van der Waals surface area contributed by atoms with Gasteiger partial charge >= 0.3 is 0 Å². The van der Waals surface area contributed by atoms with Crippen LogP contribution in [0.1, 0.15) is 31.6 Å². The van der Waals surface area contributed by atoms with Gasteiger partial charge in [-0.25, -0.2) is 4.98 Å². The third kappa shape index (κ3) is 2.83. The predicted molar refractivity (Wildman–Crippen MR) is 90.6 cm³/mol. The number of nitrogens with zero attached hydrogens (tertiary/aromatic N) is 2. The van der Waals surface area contributed by atoms with Crippen molar-refractivity contribution in [1.29, 1.82) is 0 Å². The van der Waals surface area contributed by atoms with Gasteiger partial charge in [-0.05, 0) is 25.7 Å². The minimum absolute atomic E-state index is 0.555. The van der Waals surface area contributed by atoms with Gasteiger partial charge in [-0.2, -0.15) is 0 Å². The SMILES string of the molecule is CC1CCCN(c2nc(-c3ccccc3)c(CN)s2)C1C. The highest BCUT2D eigenvalue weighted by Gasteiger charge is 2.27. The summed E-state index contributed by atoms with van der Waals surface area (Å²) in [5, 5.41) is 1.13. The molecule has 2 aromatic rings. The molecule has 0 aliphatic carbocycles. The van der Waals surface area contributed by atoms with E-state index in [0.29, 0.717) is 12.6 Å². The second kappa shape index (κ2) is 6.16. The van der Waals surface area contributed by atoms with E-state index in [-0.39, 0.29) is 0 Å². The van der Waals surface area contributed by atoms with Crippen LogP contribution in [-0.2, 0) is 6.54 Å². The molecule has 1 saturated heterocycles. The van der Waals surface area contributed by atoms with E-state index in [1.54, 1.807) is 11.3 Å². The summed E-state index contributed by atoms with van der Waals surface area (Å²) in [5.41, 5.74) is 8.17. The molecule has 3 nitrogen and oxygen atoms in total. The molecule has 3 rings (SSSR count). The van der Waals surface area contributed by atoms with E-state index in [0.717, 1.165) is 28.9 Å². The molecule has 112 valence electrons. The molecule has 1 aliphatic rings. The van der Waals surface area contributed by atoms with Crippen LogP contribution >= 0.6 is 11.3 Å². The maximum atomic E-state index is 5.94. The summed E-state index contributed by atoms with van der Waals surface area (Å²) in [6.45, 7) is 6.32. The summed E-state index contributed by atoms with van der Waals surface area (Å²) >= 11 is 1.76. The summed E-state index contributed by atoms with van der Waals surface area (Å²) in [6.07, 6.45) is 2.57. The number of hydrogen-bond acceptors (Lipinski definition) is 4. The molecule has 2 heterocycles. The van der Waals surface area contributed by atoms with Crippen molar-refractivity contribution in [2.24, 2.45) is 11.7 Å². The number of piperidine rings is 1. The largest absolute Gasteiger partial charge is 0.345 e. The zero-order valence-electron chi connectivity index (χ0n) is 12.7. The first-order chi connectivity index (χ1) is 10.2. The van der Waals surface area contributed by atoms with Gasteiger partial charge < -0.3 is 10.6 Å². The van der Waals surface area contributed by atoms with E-state index in [1.807, 2.05) is 6.07 Å². The number of nitrogens with two attached hydrogens (primary N) is 1. The number of benzene rings is 1. The number of rotatable bonds is 3. The topological polar surface area (TPSA) is 42.2 Å². The summed E-state index contributed by atoms with van der Waals surface area (Å²) < 4.78 is 0. The van der Waals surface area contributed by atoms with Crippen molar-refractivity contribution in [2.45, 2.75) is 39.3 Å². The van der Waals surface area contributed by atoms with Crippen molar-refractivity contribution >= 4 is 16.5 Å². The molecule has 0 bridgehead atoms. The van der Waals surface area contributed by atoms with Gasteiger partial charge in [-0.3, -0.25) is 0 Å². The average Bonchev–Trinajstić information content (AvgIpc) is 2.95. The van der Waals surface area contributed by atoms with Crippen molar-refractivity contribution in [2.75, 3.05) is 11.4 Å². The standard InChI is InChI=1S/C17H23N3S/c1-12-7-6-10-20(13(12)2)17-19-16(15(11-18)21-17)14-8-4-3-5-9-14/h3-5,8-9,12-13H,6-7,10-11,18H2,1-2H3. The molecule has 0 saturated carbocycles. The molecule has 1 aromatic carbocycles. The summed E-state index contributed by atoms with van der Waals surface area (Å²) in [6, 6.07) is 10.9. The average molecular weight is 301 g/mol. The Balaban J connectivity index is 1.96. The lowest BCUT2D eigenvalue weighted by Crippen LogP contribution is -2.42. The predicted octanol–water partition coefficient (Wildman–Crippen LogP) is 3.89. The third-order valence-corrected chi connectivity index (χ3v) is 5.65. The van der Waals surface area contributed by atoms with Gasteiger partial charge in [0.15, 0.2) is 5.13 Å². The van der Waals surface area contributed by atoms with Crippen molar-refractivity contribution < 1.29 is 0 Å². The van der Waals surface area contributed by atoms with Crippen LogP contribution in [0.2, 0.25) is 0 Å². The molecule has 0 radical (unpaired) electrons.